The van der Waals surface area contributed by atoms with Crippen molar-refractivity contribution in [2.75, 3.05) is 0 Å². The molecule has 4 atom stereocenters. The maximum atomic E-state index is 11.5. The van der Waals surface area contributed by atoms with Crippen LogP contribution in [0.3, 0.4) is 0 Å². The molecule has 0 N–H and O–H groups in total. The van der Waals surface area contributed by atoms with Gasteiger partial charge in [-0.15, -0.1) is 0 Å². The summed E-state index contributed by atoms with van der Waals surface area (Å²) in [5.74, 6) is 0.689. The number of hydrogen-bond donors (Lipinski definition) is 0. The number of aldehydes is 1. The highest BCUT2D eigenvalue weighted by atomic mass is 79.9. The van der Waals surface area contributed by atoms with Gasteiger partial charge in [0, 0.05) is 10.7 Å². The smallest absolute Gasteiger partial charge is 0.127 e. The summed E-state index contributed by atoms with van der Waals surface area (Å²) >= 11 is 3.84. The van der Waals surface area contributed by atoms with Crippen LogP contribution in [-0.4, -0.2) is 11.1 Å². The van der Waals surface area contributed by atoms with Crippen LogP contribution in [0.4, 0.5) is 0 Å². The van der Waals surface area contributed by atoms with Crippen molar-refractivity contribution in [2.24, 2.45) is 22.7 Å². The molecule has 2 rings (SSSR count). The van der Waals surface area contributed by atoms with Gasteiger partial charge in [-0.25, -0.2) is 0 Å². The molecule has 2 saturated carbocycles. The van der Waals surface area contributed by atoms with Crippen LogP contribution in [-0.2, 0) is 4.79 Å². The van der Waals surface area contributed by atoms with Crippen LogP contribution in [0.2, 0.25) is 0 Å². The molecule has 0 aromatic heterocycles. The van der Waals surface area contributed by atoms with E-state index in [4.69, 9.17) is 0 Å². The fraction of sp³-hybridized carbons (Fsp3) is 0.800. The molecule has 2 aliphatic carbocycles. The van der Waals surface area contributed by atoms with E-state index < -0.39 is 0 Å². The molecular formula is C15H23BrO. The lowest BCUT2D eigenvalue weighted by Gasteiger charge is -2.58. The van der Waals surface area contributed by atoms with E-state index in [0.29, 0.717) is 10.7 Å². The highest BCUT2D eigenvalue weighted by molar-refractivity contribution is 9.09. The standard InChI is InChI=1S/C15H23BrO/c1-10-5-6-12-14(2,3)13(16)7-8-15(12,4)11(10)9-17/h9,11-13H,1,5-8H2,2-4H3/t11-,12+,13-,15+/m0/s1. The highest BCUT2D eigenvalue weighted by Crippen LogP contribution is 2.61. The lowest BCUT2D eigenvalue weighted by molar-refractivity contribution is -0.120. The van der Waals surface area contributed by atoms with Gasteiger partial charge in [-0.05, 0) is 42.4 Å². The second-order valence-electron chi connectivity index (χ2n) is 6.70. The van der Waals surface area contributed by atoms with Crippen molar-refractivity contribution in [3.8, 4) is 0 Å². The first-order valence-electron chi connectivity index (χ1n) is 6.61. The average molecular weight is 299 g/mol. The second-order valence-corrected chi connectivity index (χ2v) is 7.80. The van der Waals surface area contributed by atoms with Crippen molar-refractivity contribution in [3.63, 3.8) is 0 Å². The Hall–Kier alpha value is -0.110. The van der Waals surface area contributed by atoms with Gasteiger partial charge in [0.15, 0.2) is 0 Å². The number of rotatable bonds is 1. The lowest BCUT2D eigenvalue weighted by Crippen LogP contribution is -2.53. The highest BCUT2D eigenvalue weighted by Gasteiger charge is 2.55. The monoisotopic (exact) mass is 298 g/mol. The Morgan fingerprint density at radius 2 is 2.00 bits per heavy atom. The van der Waals surface area contributed by atoms with Crippen LogP contribution in [0, 0.1) is 22.7 Å². The molecule has 96 valence electrons. The minimum atomic E-state index is 0.0699. The summed E-state index contributed by atoms with van der Waals surface area (Å²) in [6, 6.07) is 0. The molecule has 0 aromatic rings. The largest absolute Gasteiger partial charge is 0.303 e. The Labute approximate surface area is 113 Å². The fourth-order valence-electron chi connectivity index (χ4n) is 4.33. The van der Waals surface area contributed by atoms with E-state index >= 15 is 0 Å². The number of fused-ring (bicyclic) bond motifs is 1. The molecule has 0 unspecified atom stereocenters. The normalized spacial score (nSPS) is 45.2. The van der Waals surface area contributed by atoms with E-state index in [1.807, 2.05) is 0 Å². The third-order valence-electron chi connectivity index (χ3n) is 5.48. The Balaban J connectivity index is 2.40. The van der Waals surface area contributed by atoms with Crippen molar-refractivity contribution in [2.45, 2.75) is 51.3 Å². The number of allylic oxidation sites excluding steroid dienone is 1. The van der Waals surface area contributed by atoms with Crippen LogP contribution < -0.4 is 0 Å². The molecule has 2 aliphatic rings. The molecule has 0 bridgehead atoms. The van der Waals surface area contributed by atoms with E-state index in [2.05, 4.69) is 43.3 Å². The van der Waals surface area contributed by atoms with Gasteiger partial charge >= 0.3 is 0 Å². The van der Waals surface area contributed by atoms with Crippen molar-refractivity contribution in [3.05, 3.63) is 12.2 Å². The second kappa shape index (κ2) is 4.22. The van der Waals surface area contributed by atoms with E-state index in [1.54, 1.807) is 0 Å². The summed E-state index contributed by atoms with van der Waals surface area (Å²) < 4.78 is 0. The molecule has 0 saturated heterocycles. The fourth-order valence-corrected chi connectivity index (χ4v) is 4.88. The summed E-state index contributed by atoms with van der Waals surface area (Å²) in [7, 11) is 0. The lowest BCUT2D eigenvalue weighted by atomic mass is 9.48. The Morgan fingerprint density at radius 3 is 2.59 bits per heavy atom. The molecule has 2 fully saturated rings. The third kappa shape index (κ3) is 1.83. The van der Waals surface area contributed by atoms with E-state index in [1.165, 1.54) is 6.42 Å². The first kappa shape index (κ1) is 13.3. The van der Waals surface area contributed by atoms with Crippen LogP contribution in [0.15, 0.2) is 12.2 Å². The van der Waals surface area contributed by atoms with Gasteiger partial charge in [0.25, 0.3) is 0 Å². The summed E-state index contributed by atoms with van der Waals surface area (Å²) in [6.45, 7) is 11.1. The number of halogens is 1. The zero-order valence-corrected chi connectivity index (χ0v) is 12.7. The maximum Gasteiger partial charge on any atom is 0.127 e. The molecule has 17 heavy (non-hydrogen) atoms. The molecule has 0 heterocycles. The minimum absolute atomic E-state index is 0.0699. The average Bonchev–Trinajstić information content (AvgIpc) is 2.24. The quantitative estimate of drug-likeness (QED) is 0.399. The molecular weight excluding hydrogens is 276 g/mol. The zero-order valence-electron chi connectivity index (χ0n) is 11.1. The molecule has 0 amide bonds. The van der Waals surface area contributed by atoms with Gasteiger partial charge in [-0.1, -0.05) is 48.9 Å². The van der Waals surface area contributed by atoms with Gasteiger partial charge in [0.2, 0.25) is 0 Å². The first-order chi connectivity index (χ1) is 7.84. The van der Waals surface area contributed by atoms with E-state index in [0.717, 1.165) is 31.1 Å². The molecule has 0 aliphatic heterocycles. The number of carbonyl (C=O) groups is 1. The molecule has 0 spiro atoms. The third-order valence-corrected chi connectivity index (χ3v) is 7.12. The Bertz CT molecular complexity index is 347. The maximum absolute atomic E-state index is 11.5. The Kier molecular flexibility index (Phi) is 3.31. The van der Waals surface area contributed by atoms with Crippen LogP contribution >= 0.6 is 15.9 Å². The Morgan fingerprint density at radius 1 is 1.35 bits per heavy atom. The van der Waals surface area contributed by atoms with Gasteiger partial charge in [-0.3, -0.25) is 0 Å². The number of alkyl halides is 1. The van der Waals surface area contributed by atoms with Crippen LogP contribution in [0.25, 0.3) is 0 Å². The molecule has 0 aromatic carbocycles. The van der Waals surface area contributed by atoms with E-state index in [-0.39, 0.29) is 16.7 Å². The van der Waals surface area contributed by atoms with Gasteiger partial charge in [0.1, 0.15) is 6.29 Å². The topological polar surface area (TPSA) is 17.1 Å². The van der Waals surface area contributed by atoms with Crippen molar-refractivity contribution >= 4 is 22.2 Å². The minimum Gasteiger partial charge on any atom is -0.303 e. The SMILES string of the molecule is C=C1CC[C@@H]2C(C)(C)[C@@H](Br)CC[C@]2(C)[C@H]1C=O. The van der Waals surface area contributed by atoms with E-state index in [9.17, 15) is 4.79 Å². The van der Waals surface area contributed by atoms with Crippen molar-refractivity contribution in [1.82, 2.24) is 0 Å². The summed E-state index contributed by atoms with van der Waals surface area (Å²) in [4.78, 5) is 12.0. The van der Waals surface area contributed by atoms with Gasteiger partial charge in [-0.2, -0.15) is 0 Å². The molecule has 1 nitrogen and oxygen atoms in total. The van der Waals surface area contributed by atoms with Crippen LogP contribution in [0.1, 0.15) is 46.5 Å². The molecule has 0 radical (unpaired) electrons. The predicted octanol–water partition coefficient (Wildman–Crippen LogP) is 4.36. The summed E-state index contributed by atoms with van der Waals surface area (Å²) in [6.07, 6.45) is 5.66. The summed E-state index contributed by atoms with van der Waals surface area (Å²) in [5, 5.41) is 0. The summed E-state index contributed by atoms with van der Waals surface area (Å²) in [5.41, 5.74) is 1.56. The number of hydrogen-bond acceptors (Lipinski definition) is 1. The first-order valence-corrected chi connectivity index (χ1v) is 7.52. The molecule has 2 heteroatoms. The zero-order chi connectivity index (χ0) is 12.8. The van der Waals surface area contributed by atoms with Gasteiger partial charge < -0.3 is 4.79 Å². The van der Waals surface area contributed by atoms with Gasteiger partial charge in [0.05, 0.1) is 0 Å². The van der Waals surface area contributed by atoms with Crippen molar-refractivity contribution in [1.29, 1.82) is 0 Å². The van der Waals surface area contributed by atoms with Crippen LogP contribution in [0.5, 0.6) is 0 Å². The number of carbonyl (C=O) groups excluding carboxylic acids is 1. The van der Waals surface area contributed by atoms with Crippen molar-refractivity contribution < 1.29 is 4.79 Å². The predicted molar refractivity (Wildman–Crippen MR) is 75.3 cm³/mol.